The summed E-state index contributed by atoms with van der Waals surface area (Å²) < 4.78 is 25.9. The van der Waals surface area contributed by atoms with Gasteiger partial charge in [0.2, 0.25) is 11.8 Å². The number of anilines is 1. The monoisotopic (exact) mass is 392 g/mol. The minimum Gasteiger partial charge on any atom is -0.496 e. The summed E-state index contributed by atoms with van der Waals surface area (Å²) in [5.41, 5.74) is 0.756. The first-order valence-corrected chi connectivity index (χ1v) is 8.83. The van der Waals surface area contributed by atoms with Gasteiger partial charge in [-0.1, -0.05) is 30.3 Å². The molecule has 0 atom stereocenters. The van der Waals surface area contributed by atoms with Crippen molar-refractivity contribution in [2.24, 2.45) is 0 Å². The maximum absolute atomic E-state index is 14.1. The predicted octanol–water partition coefficient (Wildman–Crippen LogP) is 3.99. The lowest BCUT2D eigenvalue weighted by atomic mass is 10.2. The number of nitrogens with one attached hydrogen (secondary N) is 1. The molecule has 0 saturated carbocycles. The lowest BCUT2D eigenvalue weighted by molar-refractivity contribution is 0.0943. The fraction of sp³-hybridized carbons (Fsp3) is 0.0952. The van der Waals surface area contributed by atoms with E-state index in [1.807, 2.05) is 24.3 Å². The SMILES string of the molecule is COc1ccccc1CNc1nc(-c2ccco2)nn1C(=O)c1ccccc1F. The number of para-hydroxylation sites is 1. The van der Waals surface area contributed by atoms with Gasteiger partial charge in [0, 0.05) is 12.1 Å². The quantitative estimate of drug-likeness (QED) is 0.534. The van der Waals surface area contributed by atoms with Crippen LogP contribution in [-0.4, -0.2) is 27.8 Å². The van der Waals surface area contributed by atoms with Crippen LogP contribution < -0.4 is 10.1 Å². The number of methoxy groups -OCH3 is 1. The molecule has 146 valence electrons. The van der Waals surface area contributed by atoms with E-state index in [-0.39, 0.29) is 17.3 Å². The highest BCUT2D eigenvalue weighted by Gasteiger charge is 2.22. The zero-order valence-corrected chi connectivity index (χ0v) is 15.5. The first-order chi connectivity index (χ1) is 14.2. The number of halogens is 1. The Bertz CT molecular complexity index is 1140. The molecule has 0 bridgehead atoms. The average molecular weight is 392 g/mol. The van der Waals surface area contributed by atoms with Crippen molar-refractivity contribution < 1.29 is 18.3 Å². The smallest absolute Gasteiger partial charge is 0.284 e. The number of aromatic nitrogens is 3. The standard InChI is InChI=1S/C21H17FN4O3/c1-28-17-10-5-2-7-14(17)13-23-21-24-19(18-11-6-12-29-18)25-26(21)20(27)15-8-3-4-9-16(15)22/h2-12H,13H2,1H3,(H,23,24,25). The number of carbonyl (C=O) groups is 1. The van der Waals surface area contributed by atoms with Crippen LogP contribution in [0.5, 0.6) is 5.75 Å². The first kappa shape index (κ1) is 18.4. The van der Waals surface area contributed by atoms with E-state index in [9.17, 15) is 9.18 Å². The number of benzene rings is 2. The zero-order chi connectivity index (χ0) is 20.2. The largest absolute Gasteiger partial charge is 0.496 e. The Hall–Kier alpha value is -3.94. The lowest BCUT2D eigenvalue weighted by Gasteiger charge is -2.10. The van der Waals surface area contributed by atoms with Gasteiger partial charge in [-0.15, -0.1) is 5.10 Å². The van der Waals surface area contributed by atoms with Gasteiger partial charge in [-0.05, 0) is 30.3 Å². The third kappa shape index (κ3) is 3.73. The first-order valence-electron chi connectivity index (χ1n) is 8.83. The molecular weight excluding hydrogens is 375 g/mol. The second-order valence-electron chi connectivity index (χ2n) is 6.10. The number of hydrogen-bond donors (Lipinski definition) is 1. The van der Waals surface area contributed by atoms with Crippen molar-refractivity contribution >= 4 is 11.9 Å². The minimum atomic E-state index is -0.643. The molecule has 0 fully saturated rings. The Morgan fingerprint density at radius 1 is 1.14 bits per heavy atom. The van der Waals surface area contributed by atoms with Crippen LogP contribution in [0.15, 0.2) is 71.3 Å². The van der Waals surface area contributed by atoms with Gasteiger partial charge >= 0.3 is 0 Å². The number of nitrogens with zero attached hydrogens (tertiary/aromatic N) is 3. The summed E-state index contributed by atoms with van der Waals surface area (Å²) in [6.07, 6.45) is 1.48. The third-order valence-corrected chi connectivity index (χ3v) is 4.27. The maximum Gasteiger partial charge on any atom is 0.284 e. The number of ether oxygens (including phenoxy) is 1. The van der Waals surface area contributed by atoms with Crippen LogP contribution >= 0.6 is 0 Å². The summed E-state index contributed by atoms with van der Waals surface area (Å²) in [5, 5.41) is 7.31. The van der Waals surface area contributed by atoms with Crippen molar-refractivity contribution in [3.05, 3.63) is 83.9 Å². The molecule has 1 N–H and O–H groups in total. The molecule has 0 saturated heterocycles. The topological polar surface area (TPSA) is 82.2 Å². The van der Waals surface area contributed by atoms with E-state index in [0.29, 0.717) is 18.1 Å². The molecule has 0 amide bonds. The predicted molar refractivity (Wildman–Crippen MR) is 104 cm³/mol. The molecule has 4 aromatic rings. The van der Waals surface area contributed by atoms with Gasteiger partial charge in [0.1, 0.15) is 11.6 Å². The van der Waals surface area contributed by atoms with Crippen LogP contribution in [0.3, 0.4) is 0 Å². The second-order valence-corrected chi connectivity index (χ2v) is 6.10. The summed E-state index contributed by atoms with van der Waals surface area (Å²) in [4.78, 5) is 17.3. The maximum atomic E-state index is 14.1. The fourth-order valence-corrected chi connectivity index (χ4v) is 2.85. The molecule has 29 heavy (non-hydrogen) atoms. The second kappa shape index (κ2) is 7.97. The van der Waals surface area contributed by atoms with E-state index in [2.05, 4.69) is 15.4 Å². The van der Waals surface area contributed by atoms with Gasteiger partial charge in [0.25, 0.3) is 5.91 Å². The molecule has 2 aromatic heterocycles. The van der Waals surface area contributed by atoms with Crippen LogP contribution in [0.1, 0.15) is 15.9 Å². The average Bonchev–Trinajstić information content (AvgIpc) is 3.42. The molecule has 0 aliphatic carbocycles. The van der Waals surface area contributed by atoms with Crippen molar-refractivity contribution in [2.45, 2.75) is 6.54 Å². The van der Waals surface area contributed by atoms with Crippen LogP contribution in [0.25, 0.3) is 11.6 Å². The van der Waals surface area contributed by atoms with Crippen molar-refractivity contribution in [1.82, 2.24) is 14.8 Å². The highest BCUT2D eigenvalue weighted by atomic mass is 19.1. The van der Waals surface area contributed by atoms with Gasteiger partial charge in [-0.3, -0.25) is 4.79 Å². The molecule has 7 nitrogen and oxygen atoms in total. The molecule has 0 aliphatic rings. The molecule has 0 aliphatic heterocycles. The van der Waals surface area contributed by atoms with E-state index < -0.39 is 11.7 Å². The van der Waals surface area contributed by atoms with Crippen molar-refractivity contribution in [3.63, 3.8) is 0 Å². The van der Waals surface area contributed by atoms with E-state index >= 15 is 0 Å². The number of carbonyl (C=O) groups excluding carboxylic acids is 1. The Kier molecular flexibility index (Phi) is 5.07. The summed E-state index contributed by atoms with van der Waals surface area (Å²) in [7, 11) is 1.58. The molecule has 0 spiro atoms. The minimum absolute atomic E-state index is 0.108. The fourth-order valence-electron chi connectivity index (χ4n) is 2.85. The summed E-state index contributed by atoms with van der Waals surface area (Å²) in [6.45, 7) is 0.324. The van der Waals surface area contributed by atoms with Crippen LogP contribution in [0.4, 0.5) is 10.3 Å². The van der Waals surface area contributed by atoms with E-state index in [1.165, 1.54) is 24.5 Å². The van der Waals surface area contributed by atoms with E-state index in [1.54, 1.807) is 25.3 Å². The molecule has 2 heterocycles. The molecule has 0 radical (unpaired) electrons. The summed E-state index contributed by atoms with van der Waals surface area (Å²) in [5.74, 6) is 0.181. The van der Waals surface area contributed by atoms with Crippen molar-refractivity contribution in [3.8, 4) is 17.3 Å². The third-order valence-electron chi connectivity index (χ3n) is 4.27. The molecule has 2 aromatic carbocycles. The summed E-state index contributed by atoms with van der Waals surface area (Å²) in [6, 6.07) is 16.6. The Morgan fingerprint density at radius 2 is 1.93 bits per heavy atom. The van der Waals surface area contributed by atoms with Gasteiger partial charge in [-0.2, -0.15) is 9.67 Å². The number of furan rings is 1. The molecule has 0 unspecified atom stereocenters. The lowest BCUT2D eigenvalue weighted by Crippen LogP contribution is -2.18. The summed E-state index contributed by atoms with van der Waals surface area (Å²) >= 11 is 0. The van der Waals surface area contributed by atoms with Gasteiger partial charge in [0.15, 0.2) is 5.76 Å². The van der Waals surface area contributed by atoms with Crippen LogP contribution in [-0.2, 0) is 6.54 Å². The molecule has 8 heteroatoms. The van der Waals surface area contributed by atoms with Crippen molar-refractivity contribution in [2.75, 3.05) is 12.4 Å². The normalized spacial score (nSPS) is 10.7. The van der Waals surface area contributed by atoms with E-state index in [4.69, 9.17) is 9.15 Å². The van der Waals surface area contributed by atoms with Gasteiger partial charge in [0.05, 0.1) is 18.9 Å². The molecular formula is C21H17FN4O3. The Morgan fingerprint density at radius 3 is 2.69 bits per heavy atom. The van der Waals surface area contributed by atoms with Gasteiger partial charge < -0.3 is 14.5 Å². The number of rotatable bonds is 6. The van der Waals surface area contributed by atoms with Crippen LogP contribution in [0, 0.1) is 5.82 Å². The van der Waals surface area contributed by atoms with Crippen LogP contribution in [0.2, 0.25) is 0 Å². The van der Waals surface area contributed by atoms with Crippen molar-refractivity contribution in [1.29, 1.82) is 0 Å². The van der Waals surface area contributed by atoms with E-state index in [0.717, 1.165) is 10.2 Å². The Labute approximate surface area is 165 Å². The zero-order valence-electron chi connectivity index (χ0n) is 15.5. The number of hydrogen-bond acceptors (Lipinski definition) is 6. The highest BCUT2D eigenvalue weighted by Crippen LogP contribution is 2.22. The highest BCUT2D eigenvalue weighted by molar-refractivity contribution is 5.97. The molecule has 4 rings (SSSR count). The Balaban J connectivity index is 1.70. The van der Waals surface area contributed by atoms with Gasteiger partial charge in [-0.25, -0.2) is 4.39 Å².